The third kappa shape index (κ3) is 1.44. The molecule has 0 unspecified atom stereocenters. The zero-order chi connectivity index (χ0) is 5.11. The fourth-order valence-electron chi connectivity index (χ4n) is 0.447. The molecule has 0 aromatic carbocycles. The zero-order valence-electron chi connectivity index (χ0n) is 4.09. The van der Waals surface area contributed by atoms with Crippen molar-refractivity contribution in [3.63, 3.8) is 0 Å². The van der Waals surface area contributed by atoms with Crippen molar-refractivity contribution in [1.82, 2.24) is 0 Å². The summed E-state index contributed by atoms with van der Waals surface area (Å²) in [7, 11) is 0. The molecule has 0 saturated carbocycles. The molecule has 1 heterocycles. The van der Waals surface area contributed by atoms with Crippen LogP contribution in [0.25, 0.3) is 0 Å². The molecule has 0 bridgehead atoms. The van der Waals surface area contributed by atoms with E-state index < -0.39 is 0 Å². The van der Waals surface area contributed by atoms with E-state index in [9.17, 15) is 0 Å². The van der Waals surface area contributed by atoms with Gasteiger partial charge in [-0.25, -0.2) is 0 Å². The Hall–Kier alpha value is -0.0916. The standard InChI is InChI=1S/C6H7As/c1-6-2-4-7-5-3-6/h2,4-5H,1,3H2. The number of rotatable bonds is 0. The summed E-state index contributed by atoms with van der Waals surface area (Å²) < 4.78 is 0. The van der Waals surface area contributed by atoms with E-state index in [1.807, 2.05) is 0 Å². The van der Waals surface area contributed by atoms with Crippen LogP contribution in [-0.4, -0.2) is 20.1 Å². The number of hydrogen-bond donors (Lipinski definition) is 0. The average Bonchev–Trinajstić information content (AvgIpc) is 1.69. The van der Waals surface area contributed by atoms with E-state index in [4.69, 9.17) is 0 Å². The number of hydrogen-bond acceptors (Lipinski definition) is 0. The molecule has 0 nitrogen and oxygen atoms in total. The average molecular weight is 154 g/mol. The van der Waals surface area contributed by atoms with Gasteiger partial charge in [0, 0.05) is 0 Å². The van der Waals surface area contributed by atoms with Crippen molar-refractivity contribution >= 4 is 20.1 Å². The van der Waals surface area contributed by atoms with Gasteiger partial charge in [0.2, 0.25) is 0 Å². The Bertz CT molecular complexity index is 131. The summed E-state index contributed by atoms with van der Waals surface area (Å²) >= 11 is 0.440. The molecule has 36 valence electrons. The van der Waals surface area contributed by atoms with Gasteiger partial charge in [-0.1, -0.05) is 0 Å². The molecule has 0 atom stereocenters. The molecule has 1 aliphatic rings. The summed E-state index contributed by atoms with van der Waals surface area (Å²) in [5, 5.41) is 0. The Balaban J connectivity index is 2.66. The molecule has 0 amide bonds. The Morgan fingerprint density at radius 2 is 2.57 bits per heavy atom. The van der Waals surface area contributed by atoms with Crippen LogP contribution in [0.4, 0.5) is 0 Å². The zero-order valence-corrected chi connectivity index (χ0v) is 5.97. The molecule has 0 saturated heterocycles. The molecule has 0 N–H and O–H groups in total. The molecule has 1 heteroatoms. The van der Waals surface area contributed by atoms with Gasteiger partial charge < -0.3 is 0 Å². The molecule has 0 aromatic heterocycles. The Labute approximate surface area is 50.1 Å². The van der Waals surface area contributed by atoms with Crippen molar-refractivity contribution in [3.8, 4) is 0 Å². The van der Waals surface area contributed by atoms with E-state index in [0.29, 0.717) is 15.3 Å². The summed E-state index contributed by atoms with van der Waals surface area (Å²) in [5.74, 6) is 0. The third-order valence-electron chi connectivity index (χ3n) is 0.855. The van der Waals surface area contributed by atoms with Gasteiger partial charge in [0.1, 0.15) is 0 Å². The van der Waals surface area contributed by atoms with Gasteiger partial charge in [0.15, 0.2) is 0 Å². The molecule has 0 spiro atoms. The van der Waals surface area contributed by atoms with Gasteiger partial charge in [-0.05, 0) is 0 Å². The van der Waals surface area contributed by atoms with Gasteiger partial charge in [-0.3, -0.25) is 0 Å². The topological polar surface area (TPSA) is 0 Å². The van der Waals surface area contributed by atoms with Crippen LogP contribution in [0.5, 0.6) is 0 Å². The molecule has 1 rings (SSSR count). The van der Waals surface area contributed by atoms with Crippen molar-refractivity contribution < 1.29 is 0 Å². The molecule has 0 aliphatic carbocycles. The second kappa shape index (κ2) is 2.28. The van der Waals surface area contributed by atoms with Crippen molar-refractivity contribution in [2.75, 3.05) is 0 Å². The molecule has 1 aliphatic heterocycles. The Kier molecular flexibility index (Phi) is 1.64. The van der Waals surface area contributed by atoms with Crippen LogP contribution in [-0.2, 0) is 0 Å². The quantitative estimate of drug-likeness (QED) is 0.456. The number of allylic oxidation sites excluding steroid dienone is 2. The first-order chi connectivity index (χ1) is 3.39. The first-order valence-corrected chi connectivity index (χ1v) is 4.42. The molecular weight excluding hydrogens is 147 g/mol. The monoisotopic (exact) mass is 154 g/mol. The van der Waals surface area contributed by atoms with Gasteiger partial charge in [-0.2, -0.15) is 0 Å². The minimum atomic E-state index is 0.440. The Morgan fingerprint density at radius 3 is 2.86 bits per heavy atom. The van der Waals surface area contributed by atoms with Crippen molar-refractivity contribution in [1.29, 1.82) is 0 Å². The van der Waals surface area contributed by atoms with E-state index in [-0.39, 0.29) is 0 Å². The van der Waals surface area contributed by atoms with Crippen molar-refractivity contribution in [2.45, 2.75) is 6.42 Å². The van der Waals surface area contributed by atoms with Gasteiger partial charge in [0.05, 0.1) is 0 Å². The van der Waals surface area contributed by atoms with Gasteiger partial charge in [0.25, 0.3) is 0 Å². The third-order valence-corrected chi connectivity index (χ3v) is 2.35. The summed E-state index contributed by atoms with van der Waals surface area (Å²) in [6, 6.07) is 0. The van der Waals surface area contributed by atoms with Crippen molar-refractivity contribution in [3.05, 3.63) is 23.1 Å². The van der Waals surface area contributed by atoms with E-state index in [1.165, 1.54) is 5.57 Å². The maximum absolute atomic E-state index is 3.81. The summed E-state index contributed by atoms with van der Waals surface area (Å²) in [5.41, 5.74) is 1.25. The first kappa shape index (κ1) is 5.05. The molecule has 0 aromatic rings. The van der Waals surface area contributed by atoms with Crippen LogP contribution in [0.2, 0.25) is 0 Å². The second-order valence-electron chi connectivity index (χ2n) is 1.51. The summed E-state index contributed by atoms with van der Waals surface area (Å²) in [6.45, 7) is 3.81. The molecule has 0 fully saturated rings. The normalized spacial score (nSPS) is 20.3. The van der Waals surface area contributed by atoms with Crippen LogP contribution >= 0.6 is 0 Å². The maximum atomic E-state index is 3.81. The first-order valence-electron chi connectivity index (χ1n) is 2.25. The van der Waals surface area contributed by atoms with E-state index in [0.717, 1.165) is 6.42 Å². The van der Waals surface area contributed by atoms with E-state index >= 15 is 0 Å². The van der Waals surface area contributed by atoms with E-state index in [1.54, 1.807) is 0 Å². The van der Waals surface area contributed by atoms with Gasteiger partial charge >= 0.3 is 49.6 Å². The minimum absolute atomic E-state index is 0.440. The summed E-state index contributed by atoms with van der Waals surface area (Å²) in [4.78, 5) is 4.54. The van der Waals surface area contributed by atoms with Crippen LogP contribution in [0.3, 0.4) is 0 Å². The van der Waals surface area contributed by atoms with Gasteiger partial charge in [-0.15, -0.1) is 0 Å². The van der Waals surface area contributed by atoms with Crippen LogP contribution < -0.4 is 0 Å². The fourth-order valence-corrected chi connectivity index (χ4v) is 2.04. The predicted octanol–water partition coefficient (Wildman–Crippen LogP) is 0.966. The van der Waals surface area contributed by atoms with E-state index in [2.05, 4.69) is 22.3 Å². The molecule has 7 heavy (non-hydrogen) atoms. The second-order valence-corrected chi connectivity index (χ2v) is 3.53. The van der Waals surface area contributed by atoms with Crippen LogP contribution in [0.1, 0.15) is 6.42 Å². The van der Waals surface area contributed by atoms with Crippen LogP contribution in [0.15, 0.2) is 23.1 Å². The Morgan fingerprint density at radius 1 is 1.71 bits per heavy atom. The van der Waals surface area contributed by atoms with Crippen LogP contribution in [0, 0.1) is 0 Å². The molecular formula is C6H7As. The predicted molar refractivity (Wildman–Crippen MR) is 34.7 cm³/mol. The summed E-state index contributed by atoms with van der Waals surface area (Å²) in [6.07, 6.45) is 3.25. The fraction of sp³-hybridized carbons (Fsp3) is 0.167. The van der Waals surface area contributed by atoms with Crippen molar-refractivity contribution in [2.24, 2.45) is 0 Å². The SMILES string of the molecule is C=C1C=C[As]=CC1. The molecule has 0 radical (unpaired) electrons.